The number of alkyl halides is 3. The Balaban J connectivity index is 2.33. The van der Waals surface area contributed by atoms with Crippen LogP contribution < -0.4 is 4.74 Å². The van der Waals surface area contributed by atoms with E-state index in [1.807, 2.05) is 0 Å². The zero-order valence-corrected chi connectivity index (χ0v) is 12.6. The number of hydrogen-bond acceptors (Lipinski definition) is 5. The lowest BCUT2D eigenvalue weighted by Gasteiger charge is -2.10. The fourth-order valence-electron chi connectivity index (χ4n) is 1.58. The van der Waals surface area contributed by atoms with Crippen molar-refractivity contribution in [1.82, 2.24) is 9.97 Å². The summed E-state index contributed by atoms with van der Waals surface area (Å²) in [4.78, 5) is 19.5. The summed E-state index contributed by atoms with van der Waals surface area (Å²) in [5.74, 6) is -1.03. The van der Waals surface area contributed by atoms with E-state index in [4.69, 9.17) is 0 Å². The molecule has 0 aliphatic carbocycles. The normalized spacial score (nSPS) is 11.1. The van der Waals surface area contributed by atoms with Gasteiger partial charge >= 0.3 is 12.3 Å². The number of methoxy groups -OCH3 is 1. The Kier molecular flexibility index (Phi) is 4.65. The minimum absolute atomic E-state index is 0.0173. The molecular formula is C13H8BrF3N2O3. The van der Waals surface area contributed by atoms with Gasteiger partial charge in [-0.05, 0) is 40.2 Å². The van der Waals surface area contributed by atoms with Crippen LogP contribution in [0.2, 0.25) is 0 Å². The zero-order chi connectivity index (χ0) is 16.3. The number of nitrogens with zero attached hydrogens (tertiary/aromatic N) is 2. The van der Waals surface area contributed by atoms with Crippen molar-refractivity contribution in [3.05, 3.63) is 40.8 Å². The molecule has 9 heteroatoms. The van der Waals surface area contributed by atoms with E-state index in [1.165, 1.54) is 25.4 Å². The molecule has 0 spiro atoms. The highest BCUT2D eigenvalue weighted by molar-refractivity contribution is 9.10. The predicted molar refractivity (Wildman–Crippen MR) is 73.2 cm³/mol. The SMILES string of the molecule is COC(=O)c1cnc(Br)c(-c2ccc(OC(F)(F)F)cc2)n1. The first-order chi connectivity index (χ1) is 10.3. The van der Waals surface area contributed by atoms with Crippen molar-refractivity contribution in [1.29, 1.82) is 0 Å². The molecule has 0 amide bonds. The van der Waals surface area contributed by atoms with Crippen molar-refractivity contribution in [3.63, 3.8) is 0 Å². The molecule has 2 rings (SSSR count). The molecule has 0 saturated heterocycles. The average molecular weight is 377 g/mol. The predicted octanol–water partition coefficient (Wildman–Crippen LogP) is 3.59. The lowest BCUT2D eigenvalue weighted by atomic mass is 10.1. The van der Waals surface area contributed by atoms with Crippen LogP contribution in [0, 0.1) is 0 Å². The monoisotopic (exact) mass is 376 g/mol. The number of rotatable bonds is 3. The Morgan fingerprint density at radius 2 is 1.86 bits per heavy atom. The summed E-state index contributed by atoms with van der Waals surface area (Å²) in [5.41, 5.74) is 0.734. The summed E-state index contributed by atoms with van der Waals surface area (Å²) in [7, 11) is 1.20. The molecule has 0 fully saturated rings. The van der Waals surface area contributed by atoms with Gasteiger partial charge in [0.25, 0.3) is 0 Å². The van der Waals surface area contributed by atoms with Gasteiger partial charge in [-0.3, -0.25) is 0 Å². The van der Waals surface area contributed by atoms with Crippen LogP contribution in [0.4, 0.5) is 13.2 Å². The highest BCUT2D eigenvalue weighted by Crippen LogP contribution is 2.28. The van der Waals surface area contributed by atoms with Crippen LogP contribution in [0.25, 0.3) is 11.3 Å². The molecule has 22 heavy (non-hydrogen) atoms. The largest absolute Gasteiger partial charge is 0.573 e. The first kappa shape index (κ1) is 16.2. The van der Waals surface area contributed by atoms with E-state index in [0.717, 1.165) is 12.1 Å². The molecule has 1 heterocycles. The summed E-state index contributed by atoms with van der Waals surface area (Å²) in [6.45, 7) is 0. The summed E-state index contributed by atoms with van der Waals surface area (Å²) in [6, 6.07) is 5.03. The van der Waals surface area contributed by atoms with Crippen LogP contribution in [0.1, 0.15) is 10.5 Å². The van der Waals surface area contributed by atoms with E-state index in [0.29, 0.717) is 15.9 Å². The van der Waals surface area contributed by atoms with E-state index in [1.54, 1.807) is 0 Å². The lowest BCUT2D eigenvalue weighted by molar-refractivity contribution is -0.274. The van der Waals surface area contributed by atoms with Gasteiger partial charge < -0.3 is 9.47 Å². The summed E-state index contributed by atoms with van der Waals surface area (Å²) >= 11 is 3.17. The van der Waals surface area contributed by atoms with E-state index < -0.39 is 12.3 Å². The second-order valence-electron chi connectivity index (χ2n) is 3.96. The second kappa shape index (κ2) is 6.30. The fourth-order valence-corrected chi connectivity index (χ4v) is 2.00. The van der Waals surface area contributed by atoms with Gasteiger partial charge in [0.2, 0.25) is 0 Å². The Morgan fingerprint density at radius 1 is 1.23 bits per heavy atom. The Hall–Kier alpha value is -2.16. The number of ether oxygens (including phenoxy) is 2. The van der Waals surface area contributed by atoms with Crippen molar-refractivity contribution in [2.24, 2.45) is 0 Å². The van der Waals surface area contributed by atoms with E-state index >= 15 is 0 Å². The zero-order valence-electron chi connectivity index (χ0n) is 11.0. The Bertz CT molecular complexity index is 690. The maximum absolute atomic E-state index is 12.1. The number of carbonyl (C=O) groups excluding carboxylic acids is 1. The highest BCUT2D eigenvalue weighted by atomic mass is 79.9. The van der Waals surface area contributed by atoms with Crippen molar-refractivity contribution >= 4 is 21.9 Å². The third-order valence-corrected chi connectivity index (χ3v) is 3.06. The van der Waals surface area contributed by atoms with Crippen molar-refractivity contribution in [2.75, 3.05) is 7.11 Å². The van der Waals surface area contributed by atoms with E-state index in [9.17, 15) is 18.0 Å². The quantitative estimate of drug-likeness (QED) is 0.766. The number of hydrogen-bond donors (Lipinski definition) is 0. The Morgan fingerprint density at radius 3 is 2.41 bits per heavy atom. The maximum atomic E-state index is 12.1. The van der Waals surface area contributed by atoms with Crippen LogP contribution in [0.5, 0.6) is 5.75 Å². The third-order valence-electron chi connectivity index (χ3n) is 2.48. The van der Waals surface area contributed by atoms with Gasteiger partial charge in [0.1, 0.15) is 16.0 Å². The molecule has 0 aliphatic heterocycles. The van der Waals surface area contributed by atoms with Gasteiger partial charge in [-0.2, -0.15) is 0 Å². The third kappa shape index (κ3) is 3.94. The van der Waals surface area contributed by atoms with Crippen LogP contribution in [-0.2, 0) is 4.74 Å². The number of aromatic nitrogens is 2. The maximum Gasteiger partial charge on any atom is 0.573 e. The van der Waals surface area contributed by atoms with Crippen molar-refractivity contribution in [2.45, 2.75) is 6.36 Å². The van der Waals surface area contributed by atoms with E-state index in [2.05, 4.69) is 35.4 Å². The smallest absolute Gasteiger partial charge is 0.464 e. The first-order valence-electron chi connectivity index (χ1n) is 5.77. The number of halogens is 4. The summed E-state index contributed by atoms with van der Waals surface area (Å²) < 4.78 is 45.0. The molecule has 1 aromatic carbocycles. The first-order valence-corrected chi connectivity index (χ1v) is 6.56. The van der Waals surface area contributed by atoms with Crippen LogP contribution >= 0.6 is 15.9 Å². The molecule has 1 aromatic heterocycles. The lowest BCUT2D eigenvalue weighted by Crippen LogP contribution is -2.16. The molecule has 5 nitrogen and oxygen atoms in total. The number of esters is 1. The molecule has 0 N–H and O–H groups in total. The molecule has 0 radical (unpaired) electrons. The van der Waals surface area contributed by atoms with Gasteiger partial charge in [-0.1, -0.05) is 0 Å². The molecule has 0 aliphatic rings. The standard InChI is InChI=1S/C13H8BrF3N2O3/c1-21-12(20)9-6-18-11(14)10(19-9)7-2-4-8(5-3-7)22-13(15,16)17/h2-6H,1H3. The summed E-state index contributed by atoms with van der Waals surface area (Å²) in [5, 5.41) is 0. The Labute approximate surface area is 131 Å². The highest BCUT2D eigenvalue weighted by Gasteiger charge is 2.31. The molecule has 2 aromatic rings. The van der Waals surface area contributed by atoms with Crippen LogP contribution in [0.3, 0.4) is 0 Å². The van der Waals surface area contributed by atoms with Gasteiger partial charge in [0, 0.05) is 5.56 Å². The fraction of sp³-hybridized carbons (Fsp3) is 0.154. The second-order valence-corrected chi connectivity index (χ2v) is 4.71. The molecule has 0 atom stereocenters. The van der Waals surface area contributed by atoms with Gasteiger partial charge in [0.05, 0.1) is 13.3 Å². The molecule has 0 bridgehead atoms. The average Bonchev–Trinajstić information content (AvgIpc) is 2.46. The van der Waals surface area contributed by atoms with Gasteiger partial charge in [-0.25, -0.2) is 14.8 Å². The van der Waals surface area contributed by atoms with Gasteiger partial charge in [0.15, 0.2) is 5.69 Å². The molecule has 0 unspecified atom stereocenters. The minimum atomic E-state index is -4.76. The van der Waals surface area contributed by atoms with Crippen molar-refractivity contribution in [3.8, 4) is 17.0 Å². The molecule has 0 saturated carbocycles. The number of carbonyl (C=O) groups is 1. The van der Waals surface area contributed by atoms with Crippen LogP contribution in [-0.4, -0.2) is 29.4 Å². The minimum Gasteiger partial charge on any atom is -0.464 e. The van der Waals surface area contributed by atoms with Crippen molar-refractivity contribution < 1.29 is 27.4 Å². The molecular weight excluding hydrogens is 369 g/mol. The number of benzene rings is 1. The summed E-state index contributed by atoms with van der Waals surface area (Å²) in [6.07, 6.45) is -3.53. The van der Waals surface area contributed by atoms with Crippen LogP contribution in [0.15, 0.2) is 35.1 Å². The van der Waals surface area contributed by atoms with Gasteiger partial charge in [-0.15, -0.1) is 13.2 Å². The van der Waals surface area contributed by atoms with E-state index in [-0.39, 0.29) is 11.4 Å². The molecule has 116 valence electrons. The topological polar surface area (TPSA) is 61.3 Å².